The summed E-state index contributed by atoms with van der Waals surface area (Å²) in [5, 5.41) is 0.161. The summed E-state index contributed by atoms with van der Waals surface area (Å²) >= 11 is -5.55. The number of benzene rings is 1. The van der Waals surface area contributed by atoms with Crippen LogP contribution in [0.2, 0.25) is 0 Å². The van der Waals surface area contributed by atoms with Crippen LogP contribution in [0.25, 0.3) is 10.9 Å². The first-order chi connectivity index (χ1) is 7.47. The second-order valence-corrected chi connectivity index (χ2v) is 6.35. The molecule has 0 aliphatic carbocycles. The van der Waals surface area contributed by atoms with E-state index in [1.165, 1.54) is 18.3 Å². The van der Waals surface area contributed by atoms with E-state index in [-0.39, 0.29) is 16.7 Å². The third-order valence-electron chi connectivity index (χ3n) is 1.90. The Bertz CT molecular complexity index is 583. The Kier molecular flexibility index (Phi) is 2.88. The van der Waals surface area contributed by atoms with Gasteiger partial charge in [-0.05, 0) is 0 Å². The van der Waals surface area contributed by atoms with E-state index in [0.717, 1.165) is 12.1 Å². The van der Waals surface area contributed by atoms with Crippen molar-refractivity contribution in [3.05, 3.63) is 36.3 Å². The van der Waals surface area contributed by atoms with Crippen molar-refractivity contribution in [3.8, 4) is 5.75 Å². The van der Waals surface area contributed by atoms with Crippen molar-refractivity contribution < 1.29 is 17.2 Å². The Morgan fingerprint density at radius 2 is 2.06 bits per heavy atom. The number of pyridine rings is 1. The van der Waals surface area contributed by atoms with Gasteiger partial charge in [-0.2, -0.15) is 0 Å². The van der Waals surface area contributed by atoms with Crippen LogP contribution in [0, 0.1) is 5.82 Å². The molecule has 2 rings (SSSR count). The number of fused-ring (bicyclic) bond motifs is 1. The summed E-state index contributed by atoms with van der Waals surface area (Å²) in [6.07, 6.45) is 1.39. The second-order valence-electron chi connectivity index (χ2n) is 3.03. The minimum absolute atomic E-state index is 0.0971. The predicted molar refractivity (Wildman–Crippen MR) is 53.2 cm³/mol. The van der Waals surface area contributed by atoms with Gasteiger partial charge in [0.05, 0.1) is 0 Å². The van der Waals surface area contributed by atoms with E-state index in [0.29, 0.717) is 0 Å². The van der Waals surface area contributed by atoms with Crippen molar-refractivity contribution >= 4 is 31.0 Å². The Balaban J connectivity index is 2.63. The fourth-order valence-corrected chi connectivity index (χ4v) is 2.47. The number of rotatable bonds is 2. The van der Waals surface area contributed by atoms with Gasteiger partial charge in [0.2, 0.25) is 0 Å². The minimum atomic E-state index is -5.55. The zero-order valence-electron chi connectivity index (χ0n) is 7.87. The molecule has 0 saturated heterocycles. The molecule has 84 valence electrons. The molecule has 7 heteroatoms. The maximum absolute atomic E-state index is 13.3. The van der Waals surface area contributed by atoms with Crippen LogP contribution in [-0.2, 0) is 3.02 Å². The van der Waals surface area contributed by atoms with Gasteiger partial charge in [0, 0.05) is 0 Å². The van der Waals surface area contributed by atoms with Gasteiger partial charge in [0.1, 0.15) is 0 Å². The first-order valence-electron chi connectivity index (χ1n) is 4.26. The molecule has 0 bridgehead atoms. The molecule has 0 atom stereocenters. The number of nitrogens with zero attached hydrogens (tertiary/aromatic N) is 1. The van der Waals surface area contributed by atoms with Crippen LogP contribution in [0.15, 0.2) is 30.5 Å². The van der Waals surface area contributed by atoms with Crippen LogP contribution in [0.3, 0.4) is 0 Å². The number of aromatic nitrogens is 1. The summed E-state index contributed by atoms with van der Waals surface area (Å²) in [5.74, 6) is -0.625. The molecule has 0 spiro atoms. The van der Waals surface area contributed by atoms with Gasteiger partial charge >= 0.3 is 95.2 Å². The summed E-state index contributed by atoms with van der Waals surface area (Å²) in [7, 11) is 0. The standard InChI is InChI=1S/C9H6FNO.2H2O.O.Sb/c10-7-3-4-8(12)9-6(7)2-1-5-11-9;;;;/h1-5,12H;2*1H2;;/q;;;;+3/p-3. The third kappa shape index (κ3) is 2.35. The van der Waals surface area contributed by atoms with E-state index < -0.39 is 25.9 Å². The molecule has 0 unspecified atom stereocenters. The van der Waals surface area contributed by atoms with E-state index in [2.05, 4.69) is 8.00 Å². The zero-order chi connectivity index (χ0) is 11.8. The van der Waals surface area contributed by atoms with Crippen molar-refractivity contribution in [3.63, 3.8) is 0 Å². The number of hydrogen-bond acceptors (Lipinski definition) is 3. The topological polar surface area (TPSA) is 79.7 Å². The van der Waals surface area contributed by atoms with Gasteiger partial charge in [-0.1, -0.05) is 0 Å². The summed E-state index contributed by atoms with van der Waals surface area (Å²) in [6.45, 7) is 0. The van der Waals surface area contributed by atoms with Crippen LogP contribution in [-0.4, -0.2) is 31.8 Å². The fourth-order valence-electron chi connectivity index (χ4n) is 1.31. The summed E-state index contributed by atoms with van der Waals surface area (Å²) in [4.78, 5) is 3.83. The SMILES string of the molecule is [O]=[Sb]([OH])([OH])[O]c1ccc(F)c2cccnc12. The summed E-state index contributed by atoms with van der Waals surface area (Å²) in [6, 6.07) is 5.22. The molecule has 0 aliphatic rings. The molecule has 2 N–H and O–H groups in total. The van der Waals surface area contributed by atoms with E-state index in [1.54, 1.807) is 0 Å². The van der Waals surface area contributed by atoms with Crippen molar-refractivity contribution in [1.29, 1.82) is 0 Å². The Morgan fingerprint density at radius 3 is 2.75 bits per heavy atom. The van der Waals surface area contributed by atoms with Crippen LogP contribution in [0.5, 0.6) is 5.75 Å². The summed E-state index contributed by atoms with van der Waals surface area (Å²) < 4.78 is 46.1. The van der Waals surface area contributed by atoms with Crippen LogP contribution < -0.4 is 3.02 Å². The molecule has 0 saturated carbocycles. The molecular weight excluding hydrogens is 327 g/mol. The van der Waals surface area contributed by atoms with Gasteiger partial charge < -0.3 is 0 Å². The number of halogens is 1. The quantitative estimate of drug-likeness (QED) is 0.787. The van der Waals surface area contributed by atoms with Gasteiger partial charge in [-0.3, -0.25) is 0 Å². The Hall–Kier alpha value is -1.10. The van der Waals surface area contributed by atoms with Gasteiger partial charge in [0.15, 0.2) is 0 Å². The molecule has 1 aromatic heterocycles. The predicted octanol–water partition coefficient (Wildman–Crippen LogP) is 0.603. The fraction of sp³-hybridized carbons (Fsp3) is 0. The Labute approximate surface area is 95.2 Å². The molecule has 0 aliphatic heterocycles. The third-order valence-corrected chi connectivity index (χ3v) is 3.14. The molecular formula is C9H7FNO4Sb. The monoisotopic (exact) mass is 333 g/mol. The van der Waals surface area contributed by atoms with E-state index >= 15 is 0 Å². The van der Waals surface area contributed by atoms with Gasteiger partial charge in [-0.15, -0.1) is 0 Å². The molecule has 2 aromatic rings. The van der Waals surface area contributed by atoms with Crippen LogP contribution in [0.4, 0.5) is 4.39 Å². The van der Waals surface area contributed by atoms with Gasteiger partial charge in [0.25, 0.3) is 0 Å². The van der Waals surface area contributed by atoms with Crippen molar-refractivity contribution in [2.24, 2.45) is 0 Å². The second kappa shape index (κ2) is 4.05. The molecule has 0 amide bonds. The first-order valence-corrected chi connectivity index (χ1v) is 8.62. The molecule has 0 radical (unpaired) electrons. The zero-order valence-corrected chi connectivity index (χ0v) is 10.4. The molecule has 16 heavy (non-hydrogen) atoms. The average molecular weight is 334 g/mol. The first kappa shape index (κ1) is 11.4. The molecule has 1 heterocycles. The van der Waals surface area contributed by atoms with E-state index in [4.69, 9.17) is 6.77 Å². The maximum atomic E-state index is 13.3. The normalized spacial score (nSPS) is 11.7. The van der Waals surface area contributed by atoms with Crippen molar-refractivity contribution in [2.75, 3.05) is 0 Å². The van der Waals surface area contributed by atoms with Crippen molar-refractivity contribution in [2.45, 2.75) is 0 Å². The molecule has 1 aromatic carbocycles. The Morgan fingerprint density at radius 1 is 1.31 bits per heavy atom. The van der Waals surface area contributed by atoms with Crippen molar-refractivity contribution in [1.82, 2.24) is 4.98 Å². The number of hydrogen-bond donors (Lipinski definition) is 2. The average Bonchev–Trinajstić information content (AvgIpc) is 2.21. The molecule has 5 nitrogen and oxygen atoms in total. The van der Waals surface area contributed by atoms with Crippen LogP contribution >= 0.6 is 0 Å². The van der Waals surface area contributed by atoms with E-state index in [9.17, 15) is 7.41 Å². The van der Waals surface area contributed by atoms with Gasteiger partial charge in [-0.25, -0.2) is 0 Å². The van der Waals surface area contributed by atoms with E-state index in [1.807, 2.05) is 0 Å². The van der Waals surface area contributed by atoms with Crippen LogP contribution in [0.1, 0.15) is 0 Å². The molecule has 0 fully saturated rings. The summed E-state index contributed by atoms with van der Waals surface area (Å²) in [5.41, 5.74) is 0.0971.